The number of benzene rings is 1. The van der Waals surface area contributed by atoms with E-state index in [1.165, 1.54) is 5.56 Å². The number of aliphatic imine (C=N–C) groups is 1. The topological polar surface area (TPSA) is 95.0 Å². The maximum absolute atomic E-state index is 12.6. The van der Waals surface area contributed by atoms with E-state index in [1.807, 2.05) is 36.1 Å². The smallest absolute Gasteiger partial charge is 0.225 e. The number of hydrogen-bond donors (Lipinski definition) is 2. The first-order valence-electron chi connectivity index (χ1n) is 11.2. The van der Waals surface area contributed by atoms with Crippen molar-refractivity contribution in [2.24, 2.45) is 4.99 Å². The summed E-state index contributed by atoms with van der Waals surface area (Å²) in [6.07, 6.45) is 3.86. The number of amides is 1. The largest absolute Gasteiger partial charge is 0.492 e. The lowest BCUT2D eigenvalue weighted by atomic mass is 10.2. The first kappa shape index (κ1) is 26.6. The summed E-state index contributed by atoms with van der Waals surface area (Å²) >= 11 is 0. The third-order valence-electron chi connectivity index (χ3n) is 5.09. The minimum atomic E-state index is 0. The average molecular weight is 567 g/mol. The van der Waals surface area contributed by atoms with Crippen molar-refractivity contribution in [2.45, 2.75) is 20.3 Å². The van der Waals surface area contributed by atoms with Gasteiger partial charge in [-0.25, -0.2) is 9.97 Å². The fourth-order valence-corrected chi connectivity index (χ4v) is 3.35. The van der Waals surface area contributed by atoms with E-state index in [-0.39, 0.29) is 29.9 Å². The molecule has 2 N–H and O–H groups in total. The van der Waals surface area contributed by atoms with Crippen molar-refractivity contribution in [3.63, 3.8) is 0 Å². The summed E-state index contributed by atoms with van der Waals surface area (Å²) in [6.45, 7) is 9.24. The van der Waals surface area contributed by atoms with Crippen LogP contribution in [0.1, 0.15) is 18.9 Å². The molecule has 10 heteroatoms. The van der Waals surface area contributed by atoms with Gasteiger partial charge >= 0.3 is 0 Å². The highest BCUT2D eigenvalue weighted by Crippen LogP contribution is 2.11. The lowest BCUT2D eigenvalue weighted by Crippen LogP contribution is -2.49. The lowest BCUT2D eigenvalue weighted by Gasteiger charge is -2.34. The van der Waals surface area contributed by atoms with Crippen molar-refractivity contribution in [1.82, 2.24) is 25.5 Å². The molecule has 0 atom stereocenters. The molecule has 1 aliphatic rings. The standard InChI is InChI=1S/C23H33N7O2.HI/c1-3-24-22(26-13-18-32-20-7-5-19(2)6-8-20)25-12-9-21(31)29-14-16-30(17-15-29)23-27-10-4-11-28-23;/h4-8,10-11H,3,9,12-18H2,1-2H3,(H2,24,25,26);1H. The first-order chi connectivity index (χ1) is 15.7. The minimum Gasteiger partial charge on any atom is -0.492 e. The molecule has 1 saturated heterocycles. The van der Waals surface area contributed by atoms with Crippen LogP contribution in [0.25, 0.3) is 0 Å². The van der Waals surface area contributed by atoms with E-state index in [9.17, 15) is 4.79 Å². The highest BCUT2D eigenvalue weighted by atomic mass is 127. The number of carbonyl (C=O) groups is 1. The van der Waals surface area contributed by atoms with E-state index >= 15 is 0 Å². The molecule has 1 fully saturated rings. The van der Waals surface area contributed by atoms with Gasteiger partial charge < -0.3 is 25.2 Å². The molecule has 180 valence electrons. The lowest BCUT2D eigenvalue weighted by molar-refractivity contribution is -0.131. The number of anilines is 1. The number of aryl methyl sites for hydroxylation is 1. The number of rotatable bonds is 9. The third kappa shape index (κ3) is 9.03. The van der Waals surface area contributed by atoms with Gasteiger partial charge in [0.05, 0.1) is 13.1 Å². The van der Waals surface area contributed by atoms with Gasteiger partial charge in [-0.2, -0.15) is 0 Å². The molecule has 0 spiro atoms. The molecule has 0 aliphatic carbocycles. The molecule has 0 radical (unpaired) electrons. The van der Waals surface area contributed by atoms with Crippen LogP contribution in [-0.2, 0) is 4.79 Å². The molecule has 33 heavy (non-hydrogen) atoms. The fourth-order valence-electron chi connectivity index (χ4n) is 3.35. The molecule has 1 aliphatic heterocycles. The van der Waals surface area contributed by atoms with Crippen LogP contribution in [0.4, 0.5) is 5.95 Å². The van der Waals surface area contributed by atoms with Crippen LogP contribution in [0.5, 0.6) is 5.75 Å². The fraction of sp³-hybridized carbons (Fsp3) is 0.478. The number of hydrogen-bond acceptors (Lipinski definition) is 6. The molecule has 0 bridgehead atoms. The molecule has 9 nitrogen and oxygen atoms in total. The Balaban J connectivity index is 0.00000385. The summed E-state index contributed by atoms with van der Waals surface area (Å²) in [5.41, 5.74) is 1.21. The predicted octanol–water partition coefficient (Wildman–Crippen LogP) is 2.08. The highest BCUT2D eigenvalue weighted by Gasteiger charge is 2.22. The predicted molar refractivity (Wildman–Crippen MR) is 142 cm³/mol. The summed E-state index contributed by atoms with van der Waals surface area (Å²) in [5.74, 6) is 2.39. The average Bonchev–Trinajstić information content (AvgIpc) is 2.83. The van der Waals surface area contributed by atoms with Crippen molar-refractivity contribution in [1.29, 1.82) is 0 Å². The van der Waals surface area contributed by atoms with Crippen LogP contribution in [0.3, 0.4) is 0 Å². The molecular formula is C23H34IN7O2. The zero-order valence-corrected chi connectivity index (χ0v) is 21.7. The second kappa shape index (κ2) is 14.5. The van der Waals surface area contributed by atoms with Gasteiger partial charge in [-0.3, -0.25) is 9.79 Å². The Morgan fingerprint density at radius 3 is 2.45 bits per heavy atom. The zero-order valence-electron chi connectivity index (χ0n) is 19.4. The molecular weight excluding hydrogens is 533 g/mol. The number of nitrogens with zero attached hydrogens (tertiary/aromatic N) is 5. The molecule has 1 amide bonds. The Morgan fingerprint density at radius 2 is 1.79 bits per heavy atom. The second-order valence-electron chi connectivity index (χ2n) is 7.52. The Kier molecular flexibility index (Phi) is 11.7. The third-order valence-corrected chi connectivity index (χ3v) is 5.09. The monoisotopic (exact) mass is 567 g/mol. The maximum atomic E-state index is 12.6. The van der Waals surface area contributed by atoms with Crippen molar-refractivity contribution < 1.29 is 9.53 Å². The number of piperazine rings is 1. The van der Waals surface area contributed by atoms with E-state index in [0.717, 1.165) is 31.3 Å². The summed E-state index contributed by atoms with van der Waals surface area (Å²) in [4.78, 5) is 29.7. The quantitative estimate of drug-likeness (QED) is 0.208. The molecule has 0 unspecified atom stereocenters. The molecule has 1 aromatic heterocycles. The van der Waals surface area contributed by atoms with Gasteiger partial charge in [0, 0.05) is 51.5 Å². The Labute approximate surface area is 213 Å². The summed E-state index contributed by atoms with van der Waals surface area (Å²) in [6, 6.07) is 9.79. The van der Waals surface area contributed by atoms with Crippen molar-refractivity contribution in [3.05, 3.63) is 48.3 Å². The van der Waals surface area contributed by atoms with Gasteiger partial charge in [0.2, 0.25) is 11.9 Å². The number of guanidine groups is 1. The highest BCUT2D eigenvalue weighted by molar-refractivity contribution is 14.0. The van der Waals surface area contributed by atoms with Crippen LogP contribution in [-0.4, -0.2) is 79.2 Å². The molecule has 1 aromatic carbocycles. The minimum absolute atomic E-state index is 0. The molecule has 0 saturated carbocycles. The van der Waals surface area contributed by atoms with Crippen LogP contribution in [0, 0.1) is 6.92 Å². The zero-order chi connectivity index (χ0) is 22.6. The van der Waals surface area contributed by atoms with E-state index in [0.29, 0.717) is 45.2 Å². The van der Waals surface area contributed by atoms with Gasteiger partial charge in [-0.1, -0.05) is 17.7 Å². The van der Waals surface area contributed by atoms with Crippen LogP contribution >= 0.6 is 24.0 Å². The van der Waals surface area contributed by atoms with Crippen molar-refractivity contribution in [3.8, 4) is 5.75 Å². The van der Waals surface area contributed by atoms with Gasteiger partial charge in [0.25, 0.3) is 0 Å². The number of ether oxygens (including phenoxy) is 1. The Hall–Kier alpha value is -2.63. The van der Waals surface area contributed by atoms with Crippen LogP contribution in [0.2, 0.25) is 0 Å². The molecule has 2 aromatic rings. The summed E-state index contributed by atoms with van der Waals surface area (Å²) < 4.78 is 5.73. The van der Waals surface area contributed by atoms with Gasteiger partial charge in [-0.15, -0.1) is 24.0 Å². The van der Waals surface area contributed by atoms with Crippen LogP contribution < -0.4 is 20.3 Å². The summed E-state index contributed by atoms with van der Waals surface area (Å²) in [5, 5.41) is 6.45. The number of aromatic nitrogens is 2. The normalized spacial score (nSPS) is 13.8. The van der Waals surface area contributed by atoms with E-state index in [2.05, 4.69) is 37.4 Å². The SMILES string of the molecule is CCNC(=NCCC(=O)N1CCN(c2ncccn2)CC1)NCCOc1ccc(C)cc1.I. The number of nitrogens with one attached hydrogen (secondary N) is 2. The second-order valence-corrected chi connectivity index (χ2v) is 7.52. The Morgan fingerprint density at radius 1 is 1.09 bits per heavy atom. The molecule has 2 heterocycles. The van der Waals surface area contributed by atoms with Gasteiger partial charge in [-0.05, 0) is 32.0 Å². The number of halogens is 1. The van der Waals surface area contributed by atoms with E-state index < -0.39 is 0 Å². The van der Waals surface area contributed by atoms with E-state index in [1.54, 1.807) is 18.5 Å². The van der Waals surface area contributed by atoms with Crippen molar-refractivity contribution >= 4 is 41.8 Å². The maximum Gasteiger partial charge on any atom is 0.225 e. The van der Waals surface area contributed by atoms with E-state index in [4.69, 9.17) is 4.74 Å². The van der Waals surface area contributed by atoms with Gasteiger partial charge in [0.15, 0.2) is 5.96 Å². The van der Waals surface area contributed by atoms with Crippen LogP contribution in [0.15, 0.2) is 47.7 Å². The van der Waals surface area contributed by atoms with Crippen molar-refractivity contribution in [2.75, 3.05) is 57.3 Å². The summed E-state index contributed by atoms with van der Waals surface area (Å²) in [7, 11) is 0. The number of carbonyl (C=O) groups excluding carboxylic acids is 1. The molecule has 3 rings (SSSR count). The first-order valence-corrected chi connectivity index (χ1v) is 11.2. The van der Waals surface area contributed by atoms with Gasteiger partial charge in [0.1, 0.15) is 12.4 Å². The Bertz CT molecular complexity index is 857.